The highest BCUT2D eigenvalue weighted by Crippen LogP contribution is 2.22. The van der Waals surface area contributed by atoms with E-state index >= 15 is 0 Å². The maximum atomic E-state index is 13.0. The Morgan fingerprint density at radius 3 is 2.50 bits per heavy atom. The highest BCUT2D eigenvalue weighted by molar-refractivity contribution is 5.64. The van der Waals surface area contributed by atoms with Crippen LogP contribution in [0.3, 0.4) is 0 Å². The van der Waals surface area contributed by atoms with E-state index in [1.54, 1.807) is 18.2 Å². The second kappa shape index (κ2) is 5.81. The summed E-state index contributed by atoms with van der Waals surface area (Å²) in [6, 6.07) is 15.6. The average Bonchev–Trinajstić information content (AvgIpc) is 2.47. The number of nitrogen functional groups attached to an aromatic ring is 1. The Hall–Kier alpha value is -2.95. The van der Waals surface area contributed by atoms with Gasteiger partial charge in [0.05, 0.1) is 0 Å². The van der Waals surface area contributed by atoms with E-state index in [9.17, 15) is 4.39 Å². The number of halogens is 1. The SMILES string of the molecule is Cc1cccc(Nc2cc(N)nc(-c3ccc(F)cc3)n2)c1. The molecular formula is C17H15FN4. The quantitative estimate of drug-likeness (QED) is 0.768. The van der Waals surface area contributed by atoms with Crippen LogP contribution in [0.5, 0.6) is 0 Å². The monoisotopic (exact) mass is 294 g/mol. The second-order valence-corrected chi connectivity index (χ2v) is 5.00. The molecule has 0 spiro atoms. The van der Waals surface area contributed by atoms with Crippen LogP contribution in [0.25, 0.3) is 11.4 Å². The van der Waals surface area contributed by atoms with Crippen LogP contribution in [-0.2, 0) is 0 Å². The lowest BCUT2D eigenvalue weighted by molar-refractivity contribution is 0.628. The van der Waals surface area contributed by atoms with Gasteiger partial charge in [0, 0.05) is 17.3 Å². The average molecular weight is 294 g/mol. The van der Waals surface area contributed by atoms with Crippen molar-refractivity contribution < 1.29 is 4.39 Å². The molecule has 0 unspecified atom stereocenters. The summed E-state index contributed by atoms with van der Waals surface area (Å²) in [5, 5.41) is 3.20. The third-order valence-electron chi connectivity index (χ3n) is 3.14. The molecule has 1 aromatic heterocycles. The molecule has 0 amide bonds. The van der Waals surface area contributed by atoms with Gasteiger partial charge < -0.3 is 11.1 Å². The number of aromatic nitrogens is 2. The zero-order valence-corrected chi connectivity index (χ0v) is 12.0. The molecule has 0 atom stereocenters. The van der Waals surface area contributed by atoms with Gasteiger partial charge in [0.1, 0.15) is 17.5 Å². The second-order valence-electron chi connectivity index (χ2n) is 5.00. The molecule has 0 aliphatic rings. The van der Waals surface area contributed by atoms with Crippen molar-refractivity contribution in [2.24, 2.45) is 0 Å². The van der Waals surface area contributed by atoms with Crippen LogP contribution in [0.2, 0.25) is 0 Å². The Kier molecular flexibility index (Phi) is 3.70. The number of rotatable bonds is 3. The first kappa shape index (κ1) is 14.0. The molecule has 0 aliphatic carbocycles. The first-order valence-electron chi connectivity index (χ1n) is 6.84. The number of hydrogen-bond donors (Lipinski definition) is 2. The van der Waals surface area contributed by atoms with E-state index in [2.05, 4.69) is 15.3 Å². The Morgan fingerprint density at radius 2 is 1.77 bits per heavy atom. The molecule has 22 heavy (non-hydrogen) atoms. The topological polar surface area (TPSA) is 63.8 Å². The highest BCUT2D eigenvalue weighted by atomic mass is 19.1. The molecule has 1 heterocycles. The highest BCUT2D eigenvalue weighted by Gasteiger charge is 2.06. The van der Waals surface area contributed by atoms with Gasteiger partial charge in [-0.15, -0.1) is 0 Å². The van der Waals surface area contributed by atoms with E-state index in [4.69, 9.17) is 5.73 Å². The Morgan fingerprint density at radius 1 is 1.00 bits per heavy atom. The summed E-state index contributed by atoms with van der Waals surface area (Å²) in [7, 11) is 0. The van der Waals surface area contributed by atoms with Crippen LogP contribution in [0.4, 0.5) is 21.7 Å². The normalized spacial score (nSPS) is 10.5. The van der Waals surface area contributed by atoms with Gasteiger partial charge in [-0.2, -0.15) is 0 Å². The molecular weight excluding hydrogens is 279 g/mol. The first-order chi connectivity index (χ1) is 10.6. The predicted octanol–water partition coefficient (Wildman–Crippen LogP) is 3.92. The summed E-state index contributed by atoms with van der Waals surface area (Å²) in [6.45, 7) is 2.02. The van der Waals surface area contributed by atoms with Crippen molar-refractivity contribution >= 4 is 17.3 Å². The van der Waals surface area contributed by atoms with Gasteiger partial charge in [-0.1, -0.05) is 12.1 Å². The number of anilines is 3. The number of aryl methyl sites for hydroxylation is 1. The van der Waals surface area contributed by atoms with Crippen LogP contribution in [0, 0.1) is 12.7 Å². The van der Waals surface area contributed by atoms with E-state index in [-0.39, 0.29) is 5.82 Å². The fourth-order valence-electron chi connectivity index (χ4n) is 2.13. The van der Waals surface area contributed by atoms with Gasteiger partial charge >= 0.3 is 0 Å². The Bertz CT molecular complexity index is 800. The molecule has 4 nitrogen and oxygen atoms in total. The van der Waals surface area contributed by atoms with Gasteiger partial charge in [0.25, 0.3) is 0 Å². The molecule has 0 saturated heterocycles. The minimum atomic E-state index is -0.300. The van der Waals surface area contributed by atoms with Gasteiger partial charge in [0.2, 0.25) is 0 Å². The molecule has 0 bridgehead atoms. The van der Waals surface area contributed by atoms with Crippen LogP contribution < -0.4 is 11.1 Å². The van der Waals surface area contributed by atoms with Crippen LogP contribution in [0.1, 0.15) is 5.56 Å². The van der Waals surface area contributed by atoms with Crippen molar-refractivity contribution in [3.05, 3.63) is 66.0 Å². The van der Waals surface area contributed by atoms with Crippen LogP contribution >= 0.6 is 0 Å². The lowest BCUT2D eigenvalue weighted by atomic mass is 10.2. The summed E-state index contributed by atoms with van der Waals surface area (Å²) in [5.74, 6) is 1.10. The molecule has 3 N–H and O–H groups in total. The zero-order valence-electron chi connectivity index (χ0n) is 12.0. The molecule has 3 aromatic rings. The van der Waals surface area contributed by atoms with Gasteiger partial charge in [-0.25, -0.2) is 14.4 Å². The number of benzene rings is 2. The van der Waals surface area contributed by atoms with Crippen molar-refractivity contribution in [1.29, 1.82) is 0 Å². The maximum Gasteiger partial charge on any atom is 0.163 e. The number of nitrogens with zero attached hydrogens (tertiary/aromatic N) is 2. The molecule has 3 rings (SSSR count). The van der Waals surface area contributed by atoms with E-state index in [1.165, 1.54) is 12.1 Å². The fourth-order valence-corrected chi connectivity index (χ4v) is 2.13. The van der Waals surface area contributed by atoms with E-state index in [1.807, 2.05) is 31.2 Å². The van der Waals surface area contributed by atoms with Gasteiger partial charge in [0.15, 0.2) is 5.82 Å². The van der Waals surface area contributed by atoms with Crippen molar-refractivity contribution in [3.8, 4) is 11.4 Å². The fraction of sp³-hybridized carbons (Fsp3) is 0.0588. The standard InChI is InChI=1S/C17H15FN4/c1-11-3-2-4-14(9-11)20-16-10-15(19)21-17(22-16)12-5-7-13(18)8-6-12/h2-10H,1H3,(H3,19,20,21,22). The summed E-state index contributed by atoms with van der Waals surface area (Å²) < 4.78 is 13.0. The van der Waals surface area contributed by atoms with Crippen molar-refractivity contribution in [1.82, 2.24) is 9.97 Å². The number of nitrogens with two attached hydrogens (primary N) is 1. The first-order valence-corrected chi connectivity index (χ1v) is 6.84. The molecule has 2 aromatic carbocycles. The van der Waals surface area contributed by atoms with E-state index in [0.29, 0.717) is 23.0 Å². The lowest BCUT2D eigenvalue weighted by Crippen LogP contribution is -2.01. The predicted molar refractivity (Wildman–Crippen MR) is 86.3 cm³/mol. The smallest absolute Gasteiger partial charge is 0.163 e. The van der Waals surface area contributed by atoms with Crippen LogP contribution in [-0.4, -0.2) is 9.97 Å². The largest absolute Gasteiger partial charge is 0.384 e. The Labute approximate surface area is 127 Å². The molecule has 0 saturated carbocycles. The summed E-state index contributed by atoms with van der Waals surface area (Å²) in [5.41, 5.74) is 8.62. The minimum absolute atomic E-state index is 0.300. The summed E-state index contributed by atoms with van der Waals surface area (Å²) in [4.78, 5) is 8.63. The number of hydrogen-bond acceptors (Lipinski definition) is 4. The van der Waals surface area contributed by atoms with E-state index < -0.39 is 0 Å². The summed E-state index contributed by atoms with van der Waals surface area (Å²) >= 11 is 0. The van der Waals surface area contributed by atoms with Crippen molar-refractivity contribution in [3.63, 3.8) is 0 Å². The molecule has 0 fully saturated rings. The van der Waals surface area contributed by atoms with Crippen molar-refractivity contribution in [2.75, 3.05) is 11.1 Å². The molecule has 5 heteroatoms. The van der Waals surface area contributed by atoms with Crippen LogP contribution in [0.15, 0.2) is 54.6 Å². The molecule has 0 aliphatic heterocycles. The van der Waals surface area contributed by atoms with Gasteiger partial charge in [-0.05, 0) is 48.9 Å². The third-order valence-corrected chi connectivity index (χ3v) is 3.14. The lowest BCUT2D eigenvalue weighted by Gasteiger charge is -2.09. The molecule has 0 radical (unpaired) electrons. The maximum absolute atomic E-state index is 13.0. The Balaban J connectivity index is 1.94. The van der Waals surface area contributed by atoms with Gasteiger partial charge in [-0.3, -0.25) is 0 Å². The molecule has 110 valence electrons. The summed E-state index contributed by atoms with van der Waals surface area (Å²) in [6.07, 6.45) is 0. The van der Waals surface area contributed by atoms with Crippen molar-refractivity contribution in [2.45, 2.75) is 6.92 Å². The minimum Gasteiger partial charge on any atom is -0.384 e. The third kappa shape index (κ3) is 3.20. The van der Waals surface area contributed by atoms with E-state index in [0.717, 1.165) is 11.3 Å². The zero-order chi connectivity index (χ0) is 15.5. The number of nitrogens with one attached hydrogen (secondary N) is 1.